The summed E-state index contributed by atoms with van der Waals surface area (Å²) in [6.07, 6.45) is 4.25. The van der Waals surface area contributed by atoms with Crippen LogP contribution in [0, 0.1) is 0 Å². The summed E-state index contributed by atoms with van der Waals surface area (Å²) in [4.78, 5) is 11.3. The van der Waals surface area contributed by atoms with Gasteiger partial charge in [-0.1, -0.05) is 0 Å². The van der Waals surface area contributed by atoms with Crippen LogP contribution in [0.15, 0.2) is 11.6 Å². The molecule has 0 radical (unpaired) electrons. The van der Waals surface area contributed by atoms with Gasteiger partial charge in [0, 0.05) is 12.0 Å². The lowest BCUT2D eigenvalue weighted by Crippen LogP contribution is -2.31. The van der Waals surface area contributed by atoms with Crippen LogP contribution < -0.4 is 0 Å². The van der Waals surface area contributed by atoms with Crippen LogP contribution in [0.2, 0.25) is 0 Å². The molecule has 0 amide bonds. The van der Waals surface area contributed by atoms with Crippen LogP contribution in [-0.4, -0.2) is 32.1 Å². The molecule has 1 saturated heterocycles. The van der Waals surface area contributed by atoms with Crippen molar-refractivity contribution in [3.05, 3.63) is 11.6 Å². The zero-order valence-electron chi connectivity index (χ0n) is 8.25. The molecule has 2 rings (SSSR count). The van der Waals surface area contributed by atoms with E-state index in [0.29, 0.717) is 18.8 Å². The second kappa shape index (κ2) is 3.71. The van der Waals surface area contributed by atoms with Crippen molar-refractivity contribution in [3.63, 3.8) is 0 Å². The van der Waals surface area contributed by atoms with Gasteiger partial charge in [0.25, 0.3) is 0 Å². The maximum Gasteiger partial charge on any atom is 0.333 e. The van der Waals surface area contributed by atoms with Crippen molar-refractivity contribution in [1.29, 1.82) is 0 Å². The standard InChI is InChI=1S/C10H14O4/c1-12-9(11)8-3-2-4-10(7-8)13-5-6-14-10/h7H,2-6H2,1H3. The average molecular weight is 198 g/mol. The fourth-order valence-corrected chi connectivity index (χ4v) is 1.93. The fraction of sp³-hybridized carbons (Fsp3) is 0.700. The molecule has 1 aliphatic carbocycles. The molecule has 0 saturated carbocycles. The Morgan fingerprint density at radius 2 is 2.21 bits per heavy atom. The van der Waals surface area contributed by atoms with Gasteiger partial charge in [-0.15, -0.1) is 0 Å². The summed E-state index contributed by atoms with van der Waals surface area (Å²) < 4.78 is 15.7. The van der Waals surface area contributed by atoms with Crippen molar-refractivity contribution in [2.45, 2.75) is 25.0 Å². The van der Waals surface area contributed by atoms with E-state index in [9.17, 15) is 4.79 Å². The van der Waals surface area contributed by atoms with Crippen LogP contribution in [0.5, 0.6) is 0 Å². The molecule has 0 aromatic carbocycles. The van der Waals surface area contributed by atoms with E-state index in [1.54, 1.807) is 6.08 Å². The van der Waals surface area contributed by atoms with Crippen LogP contribution >= 0.6 is 0 Å². The van der Waals surface area contributed by atoms with Crippen LogP contribution in [0.1, 0.15) is 19.3 Å². The quantitative estimate of drug-likeness (QED) is 0.590. The lowest BCUT2D eigenvalue weighted by molar-refractivity contribution is -0.141. The monoisotopic (exact) mass is 198 g/mol. The number of carbonyl (C=O) groups excluding carboxylic acids is 1. The fourth-order valence-electron chi connectivity index (χ4n) is 1.93. The average Bonchev–Trinajstić information content (AvgIpc) is 2.65. The molecule has 78 valence electrons. The second-order valence-electron chi connectivity index (χ2n) is 3.52. The third kappa shape index (κ3) is 1.67. The zero-order chi connectivity index (χ0) is 10.0. The maximum absolute atomic E-state index is 11.3. The summed E-state index contributed by atoms with van der Waals surface area (Å²) >= 11 is 0. The predicted molar refractivity (Wildman–Crippen MR) is 48.6 cm³/mol. The molecule has 0 aromatic rings. The molecule has 0 bridgehead atoms. The Balaban J connectivity index is 2.17. The number of methoxy groups -OCH3 is 1. The highest BCUT2D eigenvalue weighted by Gasteiger charge is 2.37. The van der Waals surface area contributed by atoms with Gasteiger partial charge in [0.05, 0.1) is 20.3 Å². The molecule has 2 aliphatic rings. The summed E-state index contributed by atoms with van der Waals surface area (Å²) in [6.45, 7) is 1.20. The van der Waals surface area contributed by atoms with Gasteiger partial charge in [0.2, 0.25) is 0 Å². The van der Waals surface area contributed by atoms with E-state index in [4.69, 9.17) is 9.47 Å². The number of hydrogen-bond acceptors (Lipinski definition) is 4. The van der Waals surface area contributed by atoms with Gasteiger partial charge < -0.3 is 14.2 Å². The molecule has 0 atom stereocenters. The Morgan fingerprint density at radius 3 is 2.86 bits per heavy atom. The highest BCUT2D eigenvalue weighted by atomic mass is 16.7. The first-order valence-corrected chi connectivity index (χ1v) is 4.84. The van der Waals surface area contributed by atoms with E-state index in [1.165, 1.54) is 7.11 Å². The first kappa shape index (κ1) is 9.68. The Labute approximate surface area is 82.8 Å². The number of rotatable bonds is 1. The highest BCUT2D eigenvalue weighted by Crippen LogP contribution is 2.34. The minimum Gasteiger partial charge on any atom is -0.466 e. The second-order valence-corrected chi connectivity index (χ2v) is 3.52. The predicted octanol–water partition coefficient (Wildman–Crippen LogP) is 1.01. The minimum atomic E-state index is -0.637. The molecule has 14 heavy (non-hydrogen) atoms. The van der Waals surface area contributed by atoms with Gasteiger partial charge in [-0.25, -0.2) is 4.79 Å². The van der Waals surface area contributed by atoms with E-state index < -0.39 is 5.79 Å². The van der Waals surface area contributed by atoms with Gasteiger partial charge in [0.15, 0.2) is 5.79 Å². The van der Waals surface area contributed by atoms with Gasteiger partial charge in [-0.3, -0.25) is 0 Å². The van der Waals surface area contributed by atoms with E-state index in [2.05, 4.69) is 4.74 Å². The lowest BCUT2D eigenvalue weighted by Gasteiger charge is -2.28. The van der Waals surface area contributed by atoms with Gasteiger partial charge >= 0.3 is 5.97 Å². The van der Waals surface area contributed by atoms with Crippen LogP contribution in [0.3, 0.4) is 0 Å². The maximum atomic E-state index is 11.3. The molecule has 1 fully saturated rings. The molecule has 4 nitrogen and oxygen atoms in total. The summed E-state index contributed by atoms with van der Waals surface area (Å²) in [7, 11) is 1.39. The van der Waals surface area contributed by atoms with Gasteiger partial charge in [-0.2, -0.15) is 0 Å². The first-order valence-electron chi connectivity index (χ1n) is 4.84. The Bertz CT molecular complexity index is 263. The van der Waals surface area contributed by atoms with Crippen molar-refractivity contribution in [2.75, 3.05) is 20.3 Å². The third-order valence-corrected chi connectivity index (χ3v) is 2.59. The van der Waals surface area contributed by atoms with Crippen LogP contribution in [0.4, 0.5) is 0 Å². The zero-order valence-corrected chi connectivity index (χ0v) is 8.25. The number of esters is 1. The molecule has 1 spiro atoms. The summed E-state index contributed by atoms with van der Waals surface area (Å²) in [5.41, 5.74) is 0.667. The molecule has 4 heteroatoms. The highest BCUT2D eigenvalue weighted by molar-refractivity contribution is 5.88. The van der Waals surface area contributed by atoms with E-state index in [0.717, 1.165) is 19.3 Å². The molecular weight excluding hydrogens is 184 g/mol. The van der Waals surface area contributed by atoms with E-state index >= 15 is 0 Å². The molecule has 1 heterocycles. The molecule has 0 N–H and O–H groups in total. The third-order valence-electron chi connectivity index (χ3n) is 2.59. The lowest BCUT2D eigenvalue weighted by atomic mass is 9.95. The summed E-state index contributed by atoms with van der Waals surface area (Å²) in [6, 6.07) is 0. The molecule has 0 unspecified atom stereocenters. The van der Waals surface area contributed by atoms with Gasteiger partial charge in [0.1, 0.15) is 0 Å². The Morgan fingerprint density at radius 1 is 1.50 bits per heavy atom. The summed E-state index contributed by atoms with van der Waals surface area (Å²) in [5.74, 6) is -0.912. The van der Waals surface area contributed by atoms with Crippen LogP contribution in [0.25, 0.3) is 0 Å². The largest absolute Gasteiger partial charge is 0.466 e. The number of ether oxygens (including phenoxy) is 3. The SMILES string of the molecule is COC(=O)C1=CC2(CCC1)OCCO2. The van der Waals surface area contributed by atoms with Crippen molar-refractivity contribution < 1.29 is 19.0 Å². The minimum absolute atomic E-state index is 0.275. The van der Waals surface area contributed by atoms with E-state index in [1.807, 2.05) is 0 Å². The van der Waals surface area contributed by atoms with Crippen molar-refractivity contribution in [2.24, 2.45) is 0 Å². The first-order chi connectivity index (χ1) is 6.76. The topological polar surface area (TPSA) is 44.8 Å². The van der Waals surface area contributed by atoms with E-state index in [-0.39, 0.29) is 5.97 Å². The smallest absolute Gasteiger partial charge is 0.333 e. The van der Waals surface area contributed by atoms with Crippen molar-refractivity contribution in [3.8, 4) is 0 Å². The molecular formula is C10H14O4. The Kier molecular flexibility index (Phi) is 2.56. The molecule has 1 aliphatic heterocycles. The summed E-state index contributed by atoms with van der Waals surface area (Å²) in [5, 5.41) is 0. The van der Waals surface area contributed by atoms with Gasteiger partial charge in [-0.05, 0) is 18.9 Å². The molecule has 0 aromatic heterocycles. The van der Waals surface area contributed by atoms with Crippen LogP contribution in [-0.2, 0) is 19.0 Å². The Hall–Kier alpha value is -0.870. The number of carbonyl (C=O) groups is 1. The van der Waals surface area contributed by atoms with Crippen molar-refractivity contribution in [1.82, 2.24) is 0 Å². The van der Waals surface area contributed by atoms with Crippen molar-refractivity contribution >= 4 is 5.97 Å². The number of hydrogen-bond donors (Lipinski definition) is 0. The normalized spacial score (nSPS) is 24.8.